The molecule has 2 aromatic carbocycles. The van der Waals surface area contributed by atoms with Crippen molar-refractivity contribution >= 4 is 29.2 Å². The summed E-state index contributed by atoms with van der Waals surface area (Å²) in [6.07, 6.45) is -2.44. The summed E-state index contributed by atoms with van der Waals surface area (Å²) in [4.78, 5) is 15.2. The van der Waals surface area contributed by atoms with Gasteiger partial charge < -0.3 is 14.4 Å². The SMILES string of the molecule is O=C(O)c1cccc(C2CC2c2ccc(OCc3c(-c4c(Cl)cccc4Cl)noc3C3CC3)nc2C(F)(F)F)c1. The zero-order chi connectivity index (χ0) is 28.2. The Labute approximate surface area is 236 Å². The van der Waals surface area contributed by atoms with Crippen LogP contribution in [-0.4, -0.2) is 21.2 Å². The number of hydrogen-bond acceptors (Lipinski definition) is 5. The highest BCUT2D eigenvalue weighted by atomic mass is 35.5. The second-order valence-electron chi connectivity index (χ2n) is 10.00. The van der Waals surface area contributed by atoms with Crippen LogP contribution in [0.15, 0.2) is 59.1 Å². The second kappa shape index (κ2) is 10.1. The van der Waals surface area contributed by atoms with Crippen LogP contribution < -0.4 is 4.74 Å². The van der Waals surface area contributed by atoms with E-state index in [0.29, 0.717) is 44.6 Å². The van der Waals surface area contributed by atoms with Crippen molar-refractivity contribution in [1.82, 2.24) is 10.1 Å². The predicted octanol–water partition coefficient (Wildman–Crippen LogP) is 8.49. The number of nitrogens with zero attached hydrogens (tertiary/aromatic N) is 2. The minimum atomic E-state index is -4.71. The first kappa shape index (κ1) is 26.7. The minimum absolute atomic E-state index is 0.0535. The Balaban J connectivity index is 1.28. The Kier molecular flexibility index (Phi) is 6.74. The van der Waals surface area contributed by atoms with Crippen molar-refractivity contribution in [3.8, 4) is 17.1 Å². The van der Waals surface area contributed by atoms with Gasteiger partial charge in [-0.25, -0.2) is 9.78 Å². The van der Waals surface area contributed by atoms with Crippen molar-refractivity contribution in [2.45, 2.75) is 49.8 Å². The lowest BCUT2D eigenvalue weighted by Gasteiger charge is -2.15. The molecule has 0 spiro atoms. The molecule has 2 unspecified atom stereocenters. The number of ether oxygens (including phenoxy) is 1. The van der Waals surface area contributed by atoms with Gasteiger partial charge in [0, 0.05) is 17.5 Å². The van der Waals surface area contributed by atoms with E-state index in [1.54, 1.807) is 30.3 Å². The molecule has 11 heteroatoms. The van der Waals surface area contributed by atoms with Crippen LogP contribution in [0.3, 0.4) is 0 Å². The maximum Gasteiger partial charge on any atom is 0.433 e. The van der Waals surface area contributed by atoms with Crippen molar-refractivity contribution in [2.24, 2.45) is 0 Å². The largest absolute Gasteiger partial charge is 0.478 e. The number of carbonyl (C=O) groups is 1. The minimum Gasteiger partial charge on any atom is -0.478 e. The Morgan fingerprint density at radius 2 is 1.77 bits per heavy atom. The molecule has 6 nitrogen and oxygen atoms in total. The molecule has 0 amide bonds. The molecule has 2 heterocycles. The zero-order valence-corrected chi connectivity index (χ0v) is 22.2. The van der Waals surface area contributed by atoms with Crippen LogP contribution in [0.2, 0.25) is 10.0 Å². The first-order valence-electron chi connectivity index (χ1n) is 12.6. The van der Waals surface area contributed by atoms with Crippen LogP contribution in [0.25, 0.3) is 11.3 Å². The lowest BCUT2D eigenvalue weighted by Crippen LogP contribution is -2.13. The van der Waals surface area contributed by atoms with E-state index < -0.39 is 23.8 Å². The van der Waals surface area contributed by atoms with Gasteiger partial charge in [-0.2, -0.15) is 13.2 Å². The maximum absolute atomic E-state index is 14.1. The molecule has 2 aliphatic rings. The number of aromatic carboxylic acids is 1. The highest BCUT2D eigenvalue weighted by molar-refractivity contribution is 6.39. The molecule has 2 aliphatic carbocycles. The van der Waals surface area contributed by atoms with E-state index in [2.05, 4.69) is 10.1 Å². The van der Waals surface area contributed by atoms with Gasteiger partial charge in [0.1, 0.15) is 18.1 Å². The van der Waals surface area contributed by atoms with Crippen LogP contribution >= 0.6 is 23.2 Å². The zero-order valence-electron chi connectivity index (χ0n) is 20.7. The Hall–Kier alpha value is -3.56. The van der Waals surface area contributed by atoms with E-state index in [-0.39, 0.29) is 35.4 Å². The summed E-state index contributed by atoms with van der Waals surface area (Å²) < 4.78 is 53.8. The quantitative estimate of drug-likeness (QED) is 0.222. The third-order valence-electron chi connectivity index (χ3n) is 7.25. The Bertz CT molecular complexity index is 1600. The Morgan fingerprint density at radius 1 is 1.05 bits per heavy atom. The molecule has 40 heavy (non-hydrogen) atoms. The van der Waals surface area contributed by atoms with Crippen LogP contribution in [0.4, 0.5) is 13.2 Å². The van der Waals surface area contributed by atoms with E-state index in [0.717, 1.165) is 12.8 Å². The molecule has 2 fully saturated rings. The average Bonchev–Trinajstić information content (AvgIpc) is 3.85. The highest BCUT2D eigenvalue weighted by Crippen LogP contribution is 2.57. The number of aromatic nitrogens is 2. The number of carboxylic acids is 1. The summed E-state index contributed by atoms with van der Waals surface area (Å²) in [5.41, 5.74) is 1.23. The third kappa shape index (κ3) is 5.15. The monoisotopic (exact) mass is 588 g/mol. The number of hydrogen-bond donors (Lipinski definition) is 1. The predicted molar refractivity (Wildman–Crippen MR) is 141 cm³/mol. The number of halogens is 5. The topological polar surface area (TPSA) is 85.5 Å². The van der Waals surface area contributed by atoms with Crippen molar-refractivity contribution < 1.29 is 32.3 Å². The molecule has 1 N–H and O–H groups in total. The summed E-state index contributed by atoms with van der Waals surface area (Å²) in [6, 6.07) is 14.1. The lowest BCUT2D eigenvalue weighted by atomic mass is 10.0. The third-order valence-corrected chi connectivity index (χ3v) is 7.88. The van der Waals surface area contributed by atoms with Gasteiger partial charge in [-0.1, -0.05) is 52.6 Å². The first-order valence-corrected chi connectivity index (χ1v) is 13.3. The van der Waals surface area contributed by atoms with Gasteiger partial charge in [-0.3, -0.25) is 0 Å². The van der Waals surface area contributed by atoms with E-state index in [1.807, 2.05) is 0 Å². The van der Waals surface area contributed by atoms with Gasteiger partial charge in [0.15, 0.2) is 5.69 Å². The lowest BCUT2D eigenvalue weighted by molar-refractivity contribution is -0.142. The second-order valence-corrected chi connectivity index (χ2v) is 10.8. The molecule has 0 radical (unpaired) electrons. The molecule has 0 bridgehead atoms. The molecule has 2 aromatic heterocycles. The molecule has 0 saturated heterocycles. The normalized spacial score (nSPS) is 18.5. The number of benzene rings is 2. The summed E-state index contributed by atoms with van der Waals surface area (Å²) in [5, 5.41) is 14.2. The number of rotatable bonds is 8. The number of carboxylic acid groups (broad SMARTS) is 1. The van der Waals surface area contributed by atoms with Crippen LogP contribution in [0, 0.1) is 0 Å². The maximum atomic E-state index is 14.1. The van der Waals surface area contributed by atoms with E-state index >= 15 is 0 Å². The summed E-state index contributed by atoms with van der Waals surface area (Å²) >= 11 is 12.8. The van der Waals surface area contributed by atoms with Crippen molar-refractivity contribution in [1.29, 1.82) is 0 Å². The van der Waals surface area contributed by atoms with E-state index in [9.17, 15) is 23.1 Å². The van der Waals surface area contributed by atoms with Crippen molar-refractivity contribution in [3.05, 3.63) is 98.4 Å². The van der Waals surface area contributed by atoms with Gasteiger partial charge >= 0.3 is 12.1 Å². The van der Waals surface area contributed by atoms with Gasteiger partial charge in [0.05, 0.1) is 21.2 Å². The summed E-state index contributed by atoms with van der Waals surface area (Å²) in [6.45, 7) is -0.135. The van der Waals surface area contributed by atoms with Gasteiger partial charge in [-0.05, 0) is 66.5 Å². The highest BCUT2D eigenvalue weighted by Gasteiger charge is 2.46. The molecule has 2 saturated carbocycles. The molecule has 0 aliphatic heterocycles. The average molecular weight is 589 g/mol. The standard InChI is InChI=1S/C29H21Cl2F3N2O4/c30-21-5-2-6-22(31)24(21)25-20(26(40-36-25)14-7-8-14)13-39-23-10-9-17(27(35-23)29(32,33)34)19-12-18(19)15-3-1-4-16(11-15)28(37)38/h1-6,9-11,14,18-19H,7-8,12-13H2,(H,37,38). The fourth-order valence-corrected chi connectivity index (χ4v) is 5.64. The summed E-state index contributed by atoms with van der Waals surface area (Å²) in [7, 11) is 0. The fraction of sp³-hybridized carbons (Fsp3) is 0.276. The molecule has 4 aromatic rings. The van der Waals surface area contributed by atoms with Crippen LogP contribution in [0.5, 0.6) is 5.88 Å². The molecule has 2 atom stereocenters. The molecule has 6 rings (SSSR count). The van der Waals surface area contributed by atoms with E-state index in [1.165, 1.54) is 24.3 Å². The van der Waals surface area contributed by atoms with Gasteiger partial charge in [0.2, 0.25) is 5.88 Å². The van der Waals surface area contributed by atoms with Gasteiger partial charge in [-0.15, -0.1) is 0 Å². The summed E-state index contributed by atoms with van der Waals surface area (Å²) in [5.74, 6) is -1.20. The molecular formula is C29H21Cl2F3N2O4. The molecular weight excluding hydrogens is 568 g/mol. The van der Waals surface area contributed by atoms with Crippen molar-refractivity contribution in [3.63, 3.8) is 0 Å². The fourth-order valence-electron chi connectivity index (χ4n) is 5.06. The number of alkyl halides is 3. The van der Waals surface area contributed by atoms with Crippen molar-refractivity contribution in [2.75, 3.05) is 0 Å². The first-order chi connectivity index (χ1) is 19.1. The number of pyridine rings is 1. The van der Waals surface area contributed by atoms with Crippen LogP contribution in [0.1, 0.15) is 75.5 Å². The van der Waals surface area contributed by atoms with Crippen LogP contribution in [-0.2, 0) is 12.8 Å². The van der Waals surface area contributed by atoms with Gasteiger partial charge in [0.25, 0.3) is 0 Å². The Morgan fingerprint density at radius 3 is 2.45 bits per heavy atom. The molecule has 206 valence electrons. The van der Waals surface area contributed by atoms with E-state index in [4.69, 9.17) is 32.5 Å². The smallest absolute Gasteiger partial charge is 0.433 e.